The number of rotatable bonds is 7. The molecule has 0 amide bonds. The first-order valence-corrected chi connectivity index (χ1v) is 10.3. The Balaban J connectivity index is 1.86. The monoisotopic (exact) mass is 413 g/mol. The molecule has 1 heterocycles. The lowest BCUT2D eigenvalue weighted by Crippen LogP contribution is -2.12. The molecule has 5 heteroatoms. The zero-order valence-corrected chi connectivity index (χ0v) is 17.6. The van der Waals surface area contributed by atoms with Crippen molar-refractivity contribution in [1.29, 1.82) is 5.26 Å². The van der Waals surface area contributed by atoms with E-state index < -0.39 is 0 Å². The highest BCUT2D eigenvalue weighted by Crippen LogP contribution is 2.35. The summed E-state index contributed by atoms with van der Waals surface area (Å²) >= 11 is 0. The maximum absolute atomic E-state index is 12.9. The lowest BCUT2D eigenvalue weighted by molar-refractivity contribution is 0.315. The summed E-state index contributed by atoms with van der Waals surface area (Å²) in [5.41, 5.74) is 2.52. The summed E-state index contributed by atoms with van der Waals surface area (Å²) in [5, 5.41) is 11.8. The molecule has 4 aromatic rings. The highest BCUT2D eigenvalue weighted by molar-refractivity contribution is 5.90. The molecule has 3 aromatic carbocycles. The quantitative estimate of drug-likeness (QED) is 0.372. The first kappa shape index (κ1) is 20.5. The van der Waals surface area contributed by atoms with Crippen LogP contribution in [-0.4, -0.2) is 13.2 Å². The number of hydrogen-bond donors (Lipinski definition) is 0. The molecule has 1 aromatic heterocycles. The van der Waals surface area contributed by atoms with Crippen molar-refractivity contribution >= 4 is 21.7 Å². The second-order valence-electron chi connectivity index (χ2n) is 7.40. The molecular weight excluding hydrogens is 390 g/mol. The zero-order valence-electron chi connectivity index (χ0n) is 17.6. The van der Waals surface area contributed by atoms with Crippen molar-refractivity contribution in [3.63, 3.8) is 0 Å². The van der Waals surface area contributed by atoms with Gasteiger partial charge in [0.15, 0.2) is 6.61 Å². The fraction of sp³-hybridized carbons (Fsp3) is 0.231. The maximum Gasteiger partial charge on any atom is 0.340 e. The minimum Gasteiger partial charge on any atom is -0.493 e. The first-order valence-electron chi connectivity index (χ1n) is 10.3. The van der Waals surface area contributed by atoms with Crippen LogP contribution in [0.1, 0.15) is 30.0 Å². The van der Waals surface area contributed by atoms with Gasteiger partial charge in [-0.1, -0.05) is 49.4 Å². The minimum absolute atomic E-state index is 0.0961. The van der Waals surface area contributed by atoms with Crippen molar-refractivity contribution in [2.45, 2.75) is 26.7 Å². The van der Waals surface area contributed by atoms with Gasteiger partial charge in [-0.15, -0.1) is 0 Å². The van der Waals surface area contributed by atoms with E-state index in [1.807, 2.05) is 44.2 Å². The molecule has 0 aliphatic carbocycles. The minimum atomic E-state index is -0.378. The predicted molar refractivity (Wildman–Crippen MR) is 121 cm³/mol. The van der Waals surface area contributed by atoms with Crippen molar-refractivity contribution in [2.75, 3.05) is 13.2 Å². The second kappa shape index (κ2) is 8.93. The van der Waals surface area contributed by atoms with Crippen LogP contribution >= 0.6 is 0 Å². The van der Waals surface area contributed by atoms with Gasteiger partial charge in [-0.3, -0.25) is 0 Å². The number of aryl methyl sites for hydroxylation is 1. The summed E-state index contributed by atoms with van der Waals surface area (Å²) < 4.78 is 17.1. The Kier molecular flexibility index (Phi) is 5.90. The van der Waals surface area contributed by atoms with Gasteiger partial charge in [-0.25, -0.2) is 4.79 Å². The van der Waals surface area contributed by atoms with E-state index >= 15 is 0 Å². The van der Waals surface area contributed by atoms with Gasteiger partial charge in [0.1, 0.15) is 23.2 Å². The largest absolute Gasteiger partial charge is 0.493 e. The van der Waals surface area contributed by atoms with Gasteiger partial charge in [-0.05, 0) is 35.2 Å². The molecule has 4 rings (SSSR count). The lowest BCUT2D eigenvalue weighted by atomic mass is 9.95. The highest BCUT2D eigenvalue weighted by Gasteiger charge is 2.18. The van der Waals surface area contributed by atoms with Gasteiger partial charge in [0.05, 0.1) is 12.0 Å². The smallest absolute Gasteiger partial charge is 0.340 e. The molecule has 0 spiro atoms. The lowest BCUT2D eigenvalue weighted by Gasteiger charge is -2.15. The number of fused-ring (bicyclic) bond motifs is 2. The van der Waals surface area contributed by atoms with Crippen molar-refractivity contribution in [2.24, 2.45) is 0 Å². The van der Waals surface area contributed by atoms with Crippen LogP contribution < -0.4 is 15.1 Å². The Labute approximate surface area is 180 Å². The highest BCUT2D eigenvalue weighted by atomic mass is 16.5. The van der Waals surface area contributed by atoms with Crippen molar-refractivity contribution < 1.29 is 13.9 Å². The Hall–Kier alpha value is -3.78. The van der Waals surface area contributed by atoms with E-state index in [0.29, 0.717) is 35.7 Å². The van der Waals surface area contributed by atoms with Gasteiger partial charge < -0.3 is 13.9 Å². The third-order valence-electron chi connectivity index (χ3n) is 5.33. The standard InChI is InChI=1S/C26H23NO4/c1-3-12-30-23-15-20(29-13-11-27)16-24-25(23)17(2)22(26(28)31-24)14-19-9-6-8-18-7-4-5-10-21(18)19/h4-10,15-16H,3,12-14H2,1-2H3. The van der Waals surface area contributed by atoms with Gasteiger partial charge in [-0.2, -0.15) is 5.26 Å². The number of hydrogen-bond acceptors (Lipinski definition) is 5. The first-order chi connectivity index (χ1) is 15.1. The van der Waals surface area contributed by atoms with E-state index in [-0.39, 0.29) is 12.2 Å². The molecule has 156 valence electrons. The van der Waals surface area contributed by atoms with E-state index in [1.165, 1.54) is 0 Å². The van der Waals surface area contributed by atoms with E-state index in [0.717, 1.165) is 33.7 Å². The molecule has 5 nitrogen and oxygen atoms in total. The van der Waals surface area contributed by atoms with Crippen LogP contribution in [0.3, 0.4) is 0 Å². The molecule has 0 aliphatic rings. The fourth-order valence-electron chi connectivity index (χ4n) is 3.85. The van der Waals surface area contributed by atoms with Crippen molar-refractivity contribution in [3.05, 3.63) is 81.7 Å². The molecule has 0 saturated carbocycles. The Morgan fingerprint density at radius 2 is 1.87 bits per heavy atom. The third-order valence-corrected chi connectivity index (χ3v) is 5.33. The molecular formula is C26H23NO4. The van der Waals surface area contributed by atoms with Crippen molar-refractivity contribution in [3.8, 4) is 17.6 Å². The average molecular weight is 413 g/mol. The molecule has 0 aliphatic heterocycles. The SMILES string of the molecule is CCCOc1cc(OCC#N)cc2oc(=O)c(Cc3cccc4ccccc34)c(C)c12. The van der Waals surface area contributed by atoms with Gasteiger partial charge in [0, 0.05) is 24.1 Å². The van der Waals surface area contributed by atoms with Gasteiger partial charge in [0.2, 0.25) is 0 Å². The van der Waals surface area contributed by atoms with Crippen LogP contribution in [0.15, 0.2) is 63.8 Å². The summed E-state index contributed by atoms with van der Waals surface area (Å²) in [4.78, 5) is 12.9. The summed E-state index contributed by atoms with van der Waals surface area (Å²) in [6.07, 6.45) is 1.30. The van der Waals surface area contributed by atoms with Crippen LogP contribution in [0, 0.1) is 18.3 Å². The molecule has 0 N–H and O–H groups in total. The molecule has 0 radical (unpaired) electrons. The maximum atomic E-state index is 12.9. The zero-order chi connectivity index (χ0) is 21.8. The Bertz CT molecular complexity index is 1340. The van der Waals surface area contributed by atoms with Crippen LogP contribution in [0.2, 0.25) is 0 Å². The third kappa shape index (κ3) is 4.10. The van der Waals surface area contributed by atoms with Crippen LogP contribution in [0.25, 0.3) is 21.7 Å². The molecule has 0 bridgehead atoms. The molecule has 31 heavy (non-hydrogen) atoms. The summed E-state index contributed by atoms with van der Waals surface area (Å²) in [7, 11) is 0. The van der Waals surface area contributed by atoms with Crippen LogP contribution in [-0.2, 0) is 6.42 Å². The number of nitriles is 1. The Morgan fingerprint density at radius 3 is 2.68 bits per heavy atom. The van der Waals surface area contributed by atoms with E-state index in [1.54, 1.807) is 12.1 Å². The molecule has 0 unspecified atom stereocenters. The van der Waals surface area contributed by atoms with E-state index in [2.05, 4.69) is 18.2 Å². The second-order valence-corrected chi connectivity index (χ2v) is 7.40. The van der Waals surface area contributed by atoms with E-state index in [9.17, 15) is 4.79 Å². The van der Waals surface area contributed by atoms with E-state index in [4.69, 9.17) is 19.2 Å². The van der Waals surface area contributed by atoms with Gasteiger partial charge in [0.25, 0.3) is 0 Å². The predicted octanol–water partition coefficient (Wildman–Crippen LogP) is 5.54. The average Bonchev–Trinajstić information content (AvgIpc) is 2.78. The Morgan fingerprint density at radius 1 is 1.06 bits per heavy atom. The fourth-order valence-corrected chi connectivity index (χ4v) is 3.85. The normalized spacial score (nSPS) is 10.9. The summed E-state index contributed by atoms with van der Waals surface area (Å²) in [6.45, 7) is 4.38. The summed E-state index contributed by atoms with van der Waals surface area (Å²) in [6, 6.07) is 19.6. The number of ether oxygens (including phenoxy) is 2. The summed E-state index contributed by atoms with van der Waals surface area (Å²) in [5.74, 6) is 1.03. The number of benzene rings is 3. The molecule has 0 saturated heterocycles. The topological polar surface area (TPSA) is 72.5 Å². The van der Waals surface area contributed by atoms with Crippen LogP contribution in [0.4, 0.5) is 0 Å². The molecule has 0 fully saturated rings. The van der Waals surface area contributed by atoms with Crippen molar-refractivity contribution in [1.82, 2.24) is 0 Å². The van der Waals surface area contributed by atoms with Crippen LogP contribution in [0.5, 0.6) is 11.5 Å². The number of nitrogens with zero attached hydrogens (tertiary/aromatic N) is 1. The van der Waals surface area contributed by atoms with Gasteiger partial charge >= 0.3 is 5.63 Å². The molecule has 0 atom stereocenters.